The number of amides is 1. The van der Waals surface area contributed by atoms with Crippen LogP contribution < -0.4 is 11.1 Å². The fraction of sp³-hybridized carbons (Fsp3) is 0.938. The van der Waals surface area contributed by atoms with E-state index in [1.807, 2.05) is 0 Å². The summed E-state index contributed by atoms with van der Waals surface area (Å²) in [7, 11) is 0. The molecule has 2 rings (SSSR count). The van der Waals surface area contributed by atoms with Crippen molar-refractivity contribution in [2.45, 2.75) is 76.7 Å². The molecule has 110 valence electrons. The molecular weight excluding hydrogens is 236 g/mol. The second-order valence-corrected chi connectivity index (χ2v) is 6.58. The van der Waals surface area contributed by atoms with Crippen molar-refractivity contribution < 1.29 is 4.79 Å². The SMILES string of the molecule is NC1CCCC(C(=O)NCC2CCCCCCC2)C1. The third-order valence-electron chi connectivity index (χ3n) is 4.88. The molecule has 2 aliphatic carbocycles. The molecule has 2 unspecified atom stereocenters. The van der Waals surface area contributed by atoms with Gasteiger partial charge in [-0.15, -0.1) is 0 Å². The van der Waals surface area contributed by atoms with E-state index in [9.17, 15) is 4.79 Å². The van der Waals surface area contributed by atoms with Gasteiger partial charge in [-0.3, -0.25) is 4.79 Å². The first-order chi connectivity index (χ1) is 9.25. The summed E-state index contributed by atoms with van der Waals surface area (Å²) in [4.78, 5) is 12.2. The van der Waals surface area contributed by atoms with E-state index >= 15 is 0 Å². The average molecular weight is 266 g/mol. The van der Waals surface area contributed by atoms with Crippen LogP contribution in [0.3, 0.4) is 0 Å². The zero-order valence-corrected chi connectivity index (χ0v) is 12.2. The molecule has 2 fully saturated rings. The van der Waals surface area contributed by atoms with E-state index in [1.165, 1.54) is 44.9 Å². The van der Waals surface area contributed by atoms with Gasteiger partial charge in [0.2, 0.25) is 5.91 Å². The minimum atomic E-state index is 0.178. The van der Waals surface area contributed by atoms with Crippen LogP contribution in [0.1, 0.15) is 70.6 Å². The van der Waals surface area contributed by atoms with Gasteiger partial charge in [0.25, 0.3) is 0 Å². The summed E-state index contributed by atoms with van der Waals surface area (Å²) < 4.78 is 0. The first-order valence-electron chi connectivity index (χ1n) is 8.29. The number of rotatable bonds is 3. The smallest absolute Gasteiger partial charge is 0.223 e. The number of carbonyl (C=O) groups excluding carboxylic acids is 1. The molecule has 0 bridgehead atoms. The van der Waals surface area contributed by atoms with Crippen LogP contribution in [0.4, 0.5) is 0 Å². The van der Waals surface area contributed by atoms with E-state index in [0.29, 0.717) is 5.92 Å². The quantitative estimate of drug-likeness (QED) is 0.825. The Labute approximate surface area is 117 Å². The van der Waals surface area contributed by atoms with Crippen molar-refractivity contribution in [1.82, 2.24) is 5.32 Å². The summed E-state index contributed by atoms with van der Waals surface area (Å²) in [6.45, 7) is 0.893. The molecule has 0 heterocycles. The fourth-order valence-electron chi connectivity index (χ4n) is 3.60. The first kappa shape index (κ1) is 14.8. The van der Waals surface area contributed by atoms with E-state index < -0.39 is 0 Å². The van der Waals surface area contributed by atoms with Gasteiger partial charge >= 0.3 is 0 Å². The molecule has 3 heteroatoms. The van der Waals surface area contributed by atoms with Crippen molar-refractivity contribution in [3.8, 4) is 0 Å². The Hall–Kier alpha value is -0.570. The molecular formula is C16H30N2O. The number of hydrogen-bond donors (Lipinski definition) is 2. The number of nitrogens with two attached hydrogens (primary N) is 1. The van der Waals surface area contributed by atoms with Gasteiger partial charge in [-0.25, -0.2) is 0 Å². The number of nitrogens with one attached hydrogen (secondary N) is 1. The van der Waals surface area contributed by atoms with Gasteiger partial charge in [0.15, 0.2) is 0 Å². The lowest BCUT2D eigenvalue weighted by Crippen LogP contribution is -2.39. The van der Waals surface area contributed by atoms with Gasteiger partial charge in [0, 0.05) is 18.5 Å². The minimum Gasteiger partial charge on any atom is -0.356 e. The molecule has 0 spiro atoms. The lowest BCUT2D eigenvalue weighted by molar-refractivity contribution is -0.126. The largest absolute Gasteiger partial charge is 0.356 e. The molecule has 1 amide bonds. The van der Waals surface area contributed by atoms with Crippen molar-refractivity contribution >= 4 is 5.91 Å². The molecule has 0 aromatic carbocycles. The van der Waals surface area contributed by atoms with Gasteiger partial charge in [-0.05, 0) is 38.0 Å². The first-order valence-corrected chi connectivity index (χ1v) is 8.29. The third kappa shape index (κ3) is 5.13. The molecule has 0 saturated heterocycles. The topological polar surface area (TPSA) is 55.1 Å². The van der Waals surface area contributed by atoms with Crippen LogP contribution >= 0.6 is 0 Å². The highest BCUT2D eigenvalue weighted by atomic mass is 16.1. The molecule has 3 nitrogen and oxygen atoms in total. The predicted octanol–water partition coefficient (Wildman–Crippen LogP) is 2.98. The van der Waals surface area contributed by atoms with Crippen LogP contribution in [-0.4, -0.2) is 18.5 Å². The maximum absolute atomic E-state index is 12.2. The Morgan fingerprint density at radius 2 is 1.63 bits per heavy atom. The Kier molecular flexibility index (Phi) is 6.15. The summed E-state index contributed by atoms with van der Waals surface area (Å²) in [5, 5.41) is 3.20. The fourth-order valence-corrected chi connectivity index (χ4v) is 3.60. The molecule has 2 atom stereocenters. The van der Waals surface area contributed by atoms with Crippen LogP contribution in [0.2, 0.25) is 0 Å². The second kappa shape index (κ2) is 7.88. The van der Waals surface area contributed by atoms with Gasteiger partial charge in [0.1, 0.15) is 0 Å². The highest BCUT2D eigenvalue weighted by Gasteiger charge is 2.25. The van der Waals surface area contributed by atoms with Gasteiger partial charge in [-0.1, -0.05) is 38.5 Å². The van der Waals surface area contributed by atoms with Crippen LogP contribution in [-0.2, 0) is 4.79 Å². The van der Waals surface area contributed by atoms with E-state index in [1.54, 1.807) is 0 Å². The molecule has 0 aromatic heterocycles. The number of carbonyl (C=O) groups is 1. The van der Waals surface area contributed by atoms with Crippen molar-refractivity contribution in [2.75, 3.05) is 6.54 Å². The maximum atomic E-state index is 12.2. The third-order valence-corrected chi connectivity index (χ3v) is 4.88. The van der Waals surface area contributed by atoms with Crippen LogP contribution in [0.25, 0.3) is 0 Å². The van der Waals surface area contributed by atoms with Gasteiger partial charge < -0.3 is 11.1 Å². The van der Waals surface area contributed by atoms with Crippen molar-refractivity contribution in [3.05, 3.63) is 0 Å². The zero-order valence-electron chi connectivity index (χ0n) is 12.2. The molecule has 0 aromatic rings. The summed E-state index contributed by atoms with van der Waals surface area (Å²) in [6, 6.07) is 0.242. The molecule has 0 radical (unpaired) electrons. The Bertz CT molecular complexity index is 272. The van der Waals surface area contributed by atoms with Crippen LogP contribution in [0.5, 0.6) is 0 Å². The normalized spacial score (nSPS) is 30.4. The molecule has 2 aliphatic rings. The van der Waals surface area contributed by atoms with Crippen molar-refractivity contribution in [2.24, 2.45) is 17.6 Å². The lowest BCUT2D eigenvalue weighted by Gasteiger charge is -2.27. The Morgan fingerprint density at radius 3 is 2.32 bits per heavy atom. The molecule has 3 N–H and O–H groups in total. The standard InChI is InChI=1S/C16H30N2O/c17-15-10-6-9-14(11-15)16(19)18-12-13-7-4-2-1-3-5-8-13/h13-15H,1-12,17H2,(H,18,19). The van der Waals surface area contributed by atoms with Crippen LogP contribution in [0, 0.1) is 11.8 Å². The van der Waals surface area contributed by atoms with Gasteiger partial charge in [0.05, 0.1) is 0 Å². The second-order valence-electron chi connectivity index (χ2n) is 6.58. The summed E-state index contributed by atoms with van der Waals surface area (Å²) >= 11 is 0. The molecule has 0 aliphatic heterocycles. The highest BCUT2D eigenvalue weighted by molar-refractivity contribution is 5.78. The van der Waals surface area contributed by atoms with E-state index in [0.717, 1.165) is 32.2 Å². The summed E-state index contributed by atoms with van der Waals surface area (Å²) in [6.07, 6.45) is 13.6. The lowest BCUT2D eigenvalue weighted by atomic mass is 9.85. The van der Waals surface area contributed by atoms with E-state index in [-0.39, 0.29) is 17.9 Å². The summed E-state index contributed by atoms with van der Waals surface area (Å²) in [5.74, 6) is 1.15. The van der Waals surface area contributed by atoms with E-state index in [2.05, 4.69) is 5.32 Å². The Morgan fingerprint density at radius 1 is 0.947 bits per heavy atom. The monoisotopic (exact) mass is 266 g/mol. The Balaban J connectivity index is 1.69. The zero-order chi connectivity index (χ0) is 13.5. The minimum absolute atomic E-state index is 0.178. The van der Waals surface area contributed by atoms with Crippen molar-refractivity contribution in [3.63, 3.8) is 0 Å². The molecule has 19 heavy (non-hydrogen) atoms. The average Bonchev–Trinajstić information content (AvgIpc) is 2.37. The van der Waals surface area contributed by atoms with Crippen molar-refractivity contribution in [1.29, 1.82) is 0 Å². The maximum Gasteiger partial charge on any atom is 0.223 e. The molecule has 2 saturated carbocycles. The van der Waals surface area contributed by atoms with Gasteiger partial charge in [-0.2, -0.15) is 0 Å². The van der Waals surface area contributed by atoms with E-state index in [4.69, 9.17) is 5.73 Å². The highest BCUT2D eigenvalue weighted by Crippen LogP contribution is 2.24. The van der Waals surface area contributed by atoms with Crippen LogP contribution in [0.15, 0.2) is 0 Å². The number of hydrogen-bond acceptors (Lipinski definition) is 2. The summed E-state index contributed by atoms with van der Waals surface area (Å²) in [5.41, 5.74) is 5.96. The predicted molar refractivity (Wildman–Crippen MR) is 78.8 cm³/mol.